The number of nitrogens with zero attached hydrogens (tertiary/aromatic N) is 2. The molecule has 1 aliphatic heterocycles. The molecular formula is C18H22N2. The Bertz CT molecular complexity index is 579. The first-order valence-corrected chi connectivity index (χ1v) is 6.64. The second-order valence-corrected chi connectivity index (χ2v) is 4.63. The third-order valence-electron chi connectivity index (χ3n) is 3.00. The molecule has 0 aromatic carbocycles. The lowest BCUT2D eigenvalue weighted by Crippen LogP contribution is -1.97. The predicted molar refractivity (Wildman–Crippen MR) is 87.3 cm³/mol. The van der Waals surface area contributed by atoms with Gasteiger partial charge in [-0.25, -0.2) is 0 Å². The fourth-order valence-corrected chi connectivity index (χ4v) is 2.09. The van der Waals surface area contributed by atoms with E-state index in [0.29, 0.717) is 0 Å². The van der Waals surface area contributed by atoms with Crippen molar-refractivity contribution in [3.05, 3.63) is 83.8 Å². The van der Waals surface area contributed by atoms with E-state index in [-0.39, 0.29) is 0 Å². The fourth-order valence-electron chi connectivity index (χ4n) is 2.09. The van der Waals surface area contributed by atoms with E-state index in [9.17, 15) is 0 Å². The summed E-state index contributed by atoms with van der Waals surface area (Å²) in [5.74, 6) is 0. The van der Waals surface area contributed by atoms with E-state index in [1.807, 2.05) is 39.0 Å². The summed E-state index contributed by atoms with van der Waals surface area (Å²) in [6, 6.07) is 0. The predicted octanol–water partition coefficient (Wildman–Crippen LogP) is 5.82. The zero-order valence-electron chi connectivity index (χ0n) is 12.6. The molecule has 0 saturated heterocycles. The average molecular weight is 266 g/mol. The Labute approximate surface area is 122 Å². The van der Waals surface area contributed by atoms with Crippen molar-refractivity contribution >= 4 is 0 Å². The molecule has 0 fully saturated rings. The van der Waals surface area contributed by atoms with Crippen LogP contribution in [0.15, 0.2) is 94.0 Å². The molecule has 0 radical (unpaired) electrons. The highest BCUT2D eigenvalue weighted by molar-refractivity contribution is 5.57. The SMILES string of the molecule is C=CC(C=CC)=C(C(=C)C)C1=C(C=C)N=NC(C)=CC1. The molecule has 0 amide bonds. The minimum absolute atomic E-state index is 0.761. The maximum atomic E-state index is 4.27. The van der Waals surface area contributed by atoms with Gasteiger partial charge in [0.25, 0.3) is 0 Å². The van der Waals surface area contributed by atoms with Gasteiger partial charge in [0.2, 0.25) is 0 Å². The van der Waals surface area contributed by atoms with Crippen LogP contribution in [0.3, 0.4) is 0 Å². The first kappa shape index (κ1) is 15.8. The Morgan fingerprint density at radius 3 is 2.50 bits per heavy atom. The Morgan fingerprint density at radius 1 is 1.30 bits per heavy atom. The molecule has 0 saturated carbocycles. The highest BCUT2D eigenvalue weighted by Crippen LogP contribution is 2.32. The largest absolute Gasteiger partial charge is 0.156 e. The van der Waals surface area contributed by atoms with Gasteiger partial charge in [0.15, 0.2) is 0 Å². The summed E-state index contributed by atoms with van der Waals surface area (Å²) in [6.07, 6.45) is 10.4. The van der Waals surface area contributed by atoms with Crippen LogP contribution in [0.5, 0.6) is 0 Å². The summed E-state index contributed by atoms with van der Waals surface area (Å²) in [6.45, 7) is 17.8. The molecule has 0 spiro atoms. The first-order valence-electron chi connectivity index (χ1n) is 6.64. The zero-order valence-corrected chi connectivity index (χ0v) is 12.6. The maximum Gasteiger partial charge on any atom is 0.0892 e. The van der Waals surface area contributed by atoms with Crippen LogP contribution < -0.4 is 0 Å². The van der Waals surface area contributed by atoms with Gasteiger partial charge in [-0.2, -0.15) is 10.2 Å². The summed E-state index contributed by atoms with van der Waals surface area (Å²) < 4.78 is 0. The quantitative estimate of drug-likeness (QED) is 0.560. The van der Waals surface area contributed by atoms with Crippen LogP contribution in [0.25, 0.3) is 0 Å². The molecule has 0 aromatic heterocycles. The molecule has 0 N–H and O–H groups in total. The van der Waals surface area contributed by atoms with Crippen LogP contribution in [0.4, 0.5) is 0 Å². The van der Waals surface area contributed by atoms with E-state index < -0.39 is 0 Å². The van der Waals surface area contributed by atoms with Crippen LogP contribution in [0.1, 0.15) is 27.2 Å². The number of hydrogen-bond donors (Lipinski definition) is 0. The van der Waals surface area contributed by atoms with E-state index in [1.54, 1.807) is 6.08 Å². The lowest BCUT2D eigenvalue weighted by atomic mass is 9.90. The van der Waals surface area contributed by atoms with E-state index in [0.717, 1.165) is 40.1 Å². The van der Waals surface area contributed by atoms with Gasteiger partial charge in [-0.3, -0.25) is 0 Å². The van der Waals surface area contributed by atoms with Crippen LogP contribution in [0.2, 0.25) is 0 Å². The minimum Gasteiger partial charge on any atom is -0.156 e. The topological polar surface area (TPSA) is 24.7 Å². The van der Waals surface area contributed by atoms with Crippen molar-refractivity contribution in [1.82, 2.24) is 0 Å². The Balaban J connectivity index is 3.59. The van der Waals surface area contributed by atoms with Crippen molar-refractivity contribution in [1.29, 1.82) is 0 Å². The lowest BCUT2D eigenvalue weighted by molar-refractivity contribution is 1.09. The normalized spacial score (nSPS) is 16.6. The molecule has 2 heteroatoms. The van der Waals surface area contributed by atoms with Crippen molar-refractivity contribution in [2.75, 3.05) is 0 Å². The molecule has 1 rings (SSSR count). The van der Waals surface area contributed by atoms with Crippen LogP contribution in [0, 0.1) is 0 Å². The zero-order chi connectivity index (χ0) is 15.1. The van der Waals surface area contributed by atoms with Gasteiger partial charge >= 0.3 is 0 Å². The van der Waals surface area contributed by atoms with Gasteiger partial charge in [0.05, 0.1) is 11.4 Å². The van der Waals surface area contributed by atoms with E-state index in [4.69, 9.17) is 0 Å². The van der Waals surface area contributed by atoms with Crippen LogP contribution in [-0.2, 0) is 0 Å². The summed E-state index contributed by atoms with van der Waals surface area (Å²) in [5.41, 5.74) is 5.87. The van der Waals surface area contributed by atoms with Gasteiger partial charge in [0, 0.05) is 0 Å². The molecule has 2 nitrogen and oxygen atoms in total. The Morgan fingerprint density at radius 2 is 2.00 bits per heavy atom. The van der Waals surface area contributed by atoms with Gasteiger partial charge in [-0.1, -0.05) is 49.6 Å². The number of rotatable bonds is 5. The number of azo groups is 1. The van der Waals surface area contributed by atoms with Gasteiger partial charge in [0.1, 0.15) is 0 Å². The fraction of sp³-hybridized carbons (Fsp3) is 0.222. The molecule has 0 atom stereocenters. The Kier molecular flexibility index (Phi) is 5.85. The van der Waals surface area contributed by atoms with Gasteiger partial charge < -0.3 is 0 Å². The second-order valence-electron chi connectivity index (χ2n) is 4.63. The number of hydrogen-bond acceptors (Lipinski definition) is 2. The molecule has 104 valence electrons. The lowest BCUT2D eigenvalue weighted by Gasteiger charge is -2.15. The molecule has 1 aliphatic rings. The third-order valence-corrected chi connectivity index (χ3v) is 3.00. The van der Waals surface area contributed by atoms with Crippen LogP contribution >= 0.6 is 0 Å². The van der Waals surface area contributed by atoms with Gasteiger partial charge in [-0.15, -0.1) is 0 Å². The summed E-state index contributed by atoms with van der Waals surface area (Å²) >= 11 is 0. The van der Waals surface area contributed by atoms with E-state index >= 15 is 0 Å². The van der Waals surface area contributed by atoms with Crippen molar-refractivity contribution in [2.45, 2.75) is 27.2 Å². The smallest absolute Gasteiger partial charge is 0.0892 e. The van der Waals surface area contributed by atoms with E-state index in [2.05, 4.69) is 36.0 Å². The molecule has 1 heterocycles. The molecule has 0 aliphatic carbocycles. The monoisotopic (exact) mass is 266 g/mol. The molecular weight excluding hydrogens is 244 g/mol. The average Bonchev–Trinajstić information content (AvgIpc) is 2.60. The summed E-state index contributed by atoms with van der Waals surface area (Å²) in [4.78, 5) is 0. The highest BCUT2D eigenvalue weighted by Gasteiger charge is 2.15. The second kappa shape index (κ2) is 7.39. The maximum absolute atomic E-state index is 4.27. The number of allylic oxidation sites excluding steroid dienone is 10. The summed E-state index contributed by atoms with van der Waals surface area (Å²) in [7, 11) is 0. The molecule has 0 bridgehead atoms. The molecule has 0 unspecified atom stereocenters. The van der Waals surface area contributed by atoms with E-state index in [1.165, 1.54) is 0 Å². The molecule has 20 heavy (non-hydrogen) atoms. The summed E-state index contributed by atoms with van der Waals surface area (Å²) in [5, 5.41) is 8.43. The highest BCUT2D eigenvalue weighted by atomic mass is 15.1. The first-order chi connectivity index (χ1) is 9.54. The standard InChI is InChI=1S/C18H22N2/c1-7-10-15(8-2)18(13(4)5)16-12-11-14(6)19-20-17(16)9-3/h7-11H,2-4,12H2,1,5-6H3. The van der Waals surface area contributed by atoms with Crippen molar-refractivity contribution in [2.24, 2.45) is 10.2 Å². The Hall–Kier alpha value is -2.22. The van der Waals surface area contributed by atoms with Crippen molar-refractivity contribution in [3.63, 3.8) is 0 Å². The van der Waals surface area contributed by atoms with Gasteiger partial charge in [-0.05, 0) is 50.0 Å². The molecule has 0 aromatic rings. The van der Waals surface area contributed by atoms with Crippen molar-refractivity contribution < 1.29 is 0 Å². The minimum atomic E-state index is 0.761. The van der Waals surface area contributed by atoms with Crippen LogP contribution in [-0.4, -0.2) is 0 Å². The van der Waals surface area contributed by atoms with Crippen molar-refractivity contribution in [3.8, 4) is 0 Å². The third kappa shape index (κ3) is 3.64.